The minimum Gasteiger partial charge on any atom is -0.462 e. The normalized spacial score (nSPS) is 12.6. The Morgan fingerprint density at radius 2 is 0.494 bits per heavy atom. The van der Waals surface area contributed by atoms with Gasteiger partial charge in [-0.3, -0.25) is 14.4 Å². The van der Waals surface area contributed by atoms with Gasteiger partial charge in [0.1, 0.15) is 13.2 Å². The van der Waals surface area contributed by atoms with E-state index < -0.39 is 6.10 Å². The Labute approximate surface area is 490 Å². The molecule has 0 aliphatic heterocycles. The molecule has 0 N–H and O–H groups in total. The van der Waals surface area contributed by atoms with E-state index in [0.29, 0.717) is 19.3 Å². The Hall–Kier alpha value is -3.41. The SMILES string of the molecule is CC/C=C\C/C=C\C/C=C\C/C=C\CCCCCCCCCCCCCCCCCCCCCCCCC(=O)OCC(COC(=O)CCCCCCC)OC(=O)CCCCCCCC/C=C\C/C=C\C/C=C\CCCCCCC. The van der Waals surface area contributed by atoms with Crippen LogP contribution >= 0.6 is 0 Å². The van der Waals surface area contributed by atoms with Crippen molar-refractivity contribution in [2.75, 3.05) is 13.2 Å². The fourth-order valence-electron chi connectivity index (χ4n) is 9.80. The van der Waals surface area contributed by atoms with Gasteiger partial charge in [-0.1, -0.05) is 311 Å². The van der Waals surface area contributed by atoms with E-state index in [0.717, 1.165) is 116 Å². The number of unbranched alkanes of at least 4 members (excludes halogenated alkanes) is 37. The fourth-order valence-corrected chi connectivity index (χ4v) is 9.80. The van der Waals surface area contributed by atoms with Crippen molar-refractivity contribution in [1.29, 1.82) is 0 Å². The molecule has 0 bridgehead atoms. The van der Waals surface area contributed by atoms with Crippen LogP contribution in [0, 0.1) is 0 Å². The average molecular weight is 1100 g/mol. The van der Waals surface area contributed by atoms with Crippen LogP contribution in [-0.4, -0.2) is 37.2 Å². The summed E-state index contributed by atoms with van der Waals surface area (Å²) < 4.78 is 16.8. The van der Waals surface area contributed by atoms with E-state index in [1.807, 2.05) is 0 Å². The van der Waals surface area contributed by atoms with Crippen molar-refractivity contribution in [2.45, 2.75) is 348 Å². The van der Waals surface area contributed by atoms with E-state index in [1.165, 1.54) is 186 Å². The van der Waals surface area contributed by atoms with Crippen LogP contribution in [0.4, 0.5) is 0 Å². The Kier molecular flexibility index (Phi) is 64.2. The highest BCUT2D eigenvalue weighted by molar-refractivity contribution is 5.71. The average Bonchev–Trinajstić information content (AvgIpc) is 3.45. The molecule has 0 amide bonds. The van der Waals surface area contributed by atoms with Crippen LogP contribution in [0.3, 0.4) is 0 Å². The van der Waals surface area contributed by atoms with Gasteiger partial charge in [-0.25, -0.2) is 0 Å². The number of carbonyl (C=O) groups is 3. The van der Waals surface area contributed by atoms with Gasteiger partial charge < -0.3 is 14.2 Å². The molecule has 0 fully saturated rings. The molecule has 1 unspecified atom stereocenters. The maximum absolute atomic E-state index is 12.8. The molecule has 0 aromatic rings. The van der Waals surface area contributed by atoms with Gasteiger partial charge in [0.2, 0.25) is 0 Å². The van der Waals surface area contributed by atoms with E-state index in [-0.39, 0.29) is 31.1 Å². The molecule has 1 atom stereocenters. The van der Waals surface area contributed by atoms with Crippen LogP contribution in [-0.2, 0) is 28.6 Å². The van der Waals surface area contributed by atoms with Crippen molar-refractivity contribution in [3.05, 3.63) is 85.1 Å². The number of carbonyl (C=O) groups excluding carboxylic acids is 3. The highest BCUT2D eigenvalue weighted by Crippen LogP contribution is 2.17. The minimum absolute atomic E-state index is 0.0778. The summed E-state index contributed by atoms with van der Waals surface area (Å²) in [7, 11) is 0. The van der Waals surface area contributed by atoms with Crippen molar-refractivity contribution in [1.82, 2.24) is 0 Å². The highest BCUT2D eigenvalue weighted by Gasteiger charge is 2.19. The van der Waals surface area contributed by atoms with Gasteiger partial charge in [0, 0.05) is 19.3 Å². The van der Waals surface area contributed by atoms with Gasteiger partial charge in [-0.15, -0.1) is 0 Å². The van der Waals surface area contributed by atoms with Crippen molar-refractivity contribution in [2.24, 2.45) is 0 Å². The van der Waals surface area contributed by atoms with Crippen LogP contribution in [0.15, 0.2) is 85.1 Å². The van der Waals surface area contributed by atoms with Crippen molar-refractivity contribution < 1.29 is 28.6 Å². The molecule has 0 aromatic carbocycles. The van der Waals surface area contributed by atoms with Crippen LogP contribution < -0.4 is 0 Å². The van der Waals surface area contributed by atoms with Gasteiger partial charge in [0.15, 0.2) is 6.10 Å². The van der Waals surface area contributed by atoms with E-state index >= 15 is 0 Å². The third-order valence-corrected chi connectivity index (χ3v) is 14.9. The summed E-state index contributed by atoms with van der Waals surface area (Å²) in [5.41, 5.74) is 0. The Morgan fingerprint density at radius 3 is 0.772 bits per heavy atom. The summed E-state index contributed by atoms with van der Waals surface area (Å²) in [6.07, 6.45) is 89.5. The van der Waals surface area contributed by atoms with Crippen LogP contribution in [0.2, 0.25) is 0 Å². The van der Waals surface area contributed by atoms with Gasteiger partial charge in [-0.2, -0.15) is 0 Å². The molecule has 6 heteroatoms. The summed E-state index contributed by atoms with van der Waals surface area (Å²) >= 11 is 0. The summed E-state index contributed by atoms with van der Waals surface area (Å²) in [6.45, 7) is 6.46. The molecule has 6 nitrogen and oxygen atoms in total. The van der Waals surface area contributed by atoms with Crippen LogP contribution in [0.5, 0.6) is 0 Å². The molecule has 456 valence electrons. The number of allylic oxidation sites excluding steroid dienone is 14. The zero-order chi connectivity index (χ0) is 57.1. The molecular formula is C73H128O6. The summed E-state index contributed by atoms with van der Waals surface area (Å²) in [5.74, 6) is -0.890. The first kappa shape index (κ1) is 75.6. The lowest BCUT2D eigenvalue weighted by Gasteiger charge is -2.18. The molecule has 0 radical (unpaired) electrons. The summed E-state index contributed by atoms with van der Waals surface area (Å²) in [5, 5.41) is 0. The van der Waals surface area contributed by atoms with E-state index in [2.05, 4.69) is 106 Å². The first-order valence-corrected chi connectivity index (χ1v) is 34.1. The Bertz CT molecular complexity index is 1500. The zero-order valence-electron chi connectivity index (χ0n) is 52.4. The standard InChI is InChI=1S/C73H128O6/c1-4-7-10-13-15-17-19-21-23-25-27-29-30-31-32-33-34-35-36-37-38-39-40-41-42-44-45-47-49-51-53-55-57-60-63-66-72(75)78-69-70(68-77-71(74)65-62-59-12-9-6-3)79-73(76)67-64-61-58-56-54-52-50-48-46-43-28-26-24-22-20-18-16-14-11-8-5-2/h7,10,15,17,20-23,26-29,46,48,70H,4-6,8-9,11-14,16,18-19,24-25,30-45,47,49-69H2,1-3H3/b10-7-,17-15-,22-20-,23-21-,28-26-,29-27-,48-46-. The number of hydrogen-bond donors (Lipinski definition) is 0. The quantitative estimate of drug-likeness (QED) is 0.0261. The van der Waals surface area contributed by atoms with E-state index in [4.69, 9.17) is 14.2 Å². The lowest BCUT2D eigenvalue weighted by molar-refractivity contribution is -0.167. The first-order chi connectivity index (χ1) is 39.0. The van der Waals surface area contributed by atoms with Gasteiger partial charge in [-0.05, 0) is 96.3 Å². The van der Waals surface area contributed by atoms with Crippen LogP contribution in [0.25, 0.3) is 0 Å². The maximum atomic E-state index is 12.8. The van der Waals surface area contributed by atoms with E-state index in [9.17, 15) is 14.4 Å². The lowest BCUT2D eigenvalue weighted by atomic mass is 10.0. The topological polar surface area (TPSA) is 78.9 Å². The smallest absolute Gasteiger partial charge is 0.306 e. The first-order valence-electron chi connectivity index (χ1n) is 34.1. The summed E-state index contributed by atoms with van der Waals surface area (Å²) in [6, 6.07) is 0. The third-order valence-electron chi connectivity index (χ3n) is 14.9. The second-order valence-corrected chi connectivity index (χ2v) is 22.7. The number of esters is 3. The van der Waals surface area contributed by atoms with Crippen molar-refractivity contribution in [3.8, 4) is 0 Å². The van der Waals surface area contributed by atoms with Gasteiger partial charge in [0.05, 0.1) is 0 Å². The molecule has 79 heavy (non-hydrogen) atoms. The van der Waals surface area contributed by atoms with Crippen molar-refractivity contribution >= 4 is 17.9 Å². The highest BCUT2D eigenvalue weighted by atomic mass is 16.6. The predicted octanol–water partition coefficient (Wildman–Crippen LogP) is 23.4. The predicted molar refractivity (Wildman–Crippen MR) is 344 cm³/mol. The largest absolute Gasteiger partial charge is 0.462 e. The second kappa shape index (κ2) is 67.1. The number of ether oxygens (including phenoxy) is 3. The fraction of sp³-hybridized carbons (Fsp3) is 0.767. The second-order valence-electron chi connectivity index (χ2n) is 22.7. The monoisotopic (exact) mass is 1100 g/mol. The number of hydrogen-bond acceptors (Lipinski definition) is 6. The van der Waals surface area contributed by atoms with Crippen molar-refractivity contribution in [3.63, 3.8) is 0 Å². The lowest BCUT2D eigenvalue weighted by Crippen LogP contribution is -2.30. The molecule has 0 aliphatic carbocycles. The number of rotatable bonds is 62. The van der Waals surface area contributed by atoms with E-state index in [1.54, 1.807) is 0 Å². The molecule has 0 heterocycles. The molecule has 0 rings (SSSR count). The van der Waals surface area contributed by atoms with Crippen LogP contribution in [0.1, 0.15) is 342 Å². The van der Waals surface area contributed by atoms with Gasteiger partial charge in [0.25, 0.3) is 0 Å². The molecule has 0 aliphatic rings. The minimum atomic E-state index is -0.778. The molecule has 0 spiro atoms. The molecule has 0 aromatic heterocycles. The Balaban J connectivity index is 3.93. The molecular weight excluding hydrogens is 973 g/mol. The van der Waals surface area contributed by atoms with Gasteiger partial charge >= 0.3 is 17.9 Å². The zero-order valence-corrected chi connectivity index (χ0v) is 52.4. The summed E-state index contributed by atoms with van der Waals surface area (Å²) in [4.78, 5) is 38.0. The Morgan fingerprint density at radius 1 is 0.266 bits per heavy atom. The third kappa shape index (κ3) is 65.3. The molecule has 0 saturated heterocycles. The maximum Gasteiger partial charge on any atom is 0.306 e. The molecule has 0 saturated carbocycles.